The van der Waals surface area contributed by atoms with E-state index in [1.165, 1.54) is 26.1 Å². The lowest BCUT2D eigenvalue weighted by Gasteiger charge is -2.60. The molecule has 3 heterocycles. The minimum Gasteiger partial charge on any atom is -0.451 e. The summed E-state index contributed by atoms with van der Waals surface area (Å²) in [5, 5.41) is 84.4. The van der Waals surface area contributed by atoms with Crippen molar-refractivity contribution in [2.75, 3.05) is 0 Å². The number of aliphatic hydroxyl groups excluding tert-OH is 2. The highest BCUT2D eigenvalue weighted by atomic mass is 16.7. The molecule has 11 nitrogen and oxygen atoms in total. The summed E-state index contributed by atoms with van der Waals surface area (Å²) >= 11 is 0. The topological polar surface area (TPSA) is 193 Å². The summed E-state index contributed by atoms with van der Waals surface area (Å²) in [7, 11) is 0. The maximum atomic E-state index is 13.2. The molecular formula is C25H33NO10. The number of ether oxygens (including phenoxy) is 2. The van der Waals surface area contributed by atoms with E-state index < -0.39 is 87.7 Å². The Morgan fingerprint density at radius 3 is 2.39 bits per heavy atom. The molecule has 11 atom stereocenters. The minimum absolute atomic E-state index is 0.0130. The highest BCUT2D eigenvalue weighted by molar-refractivity contribution is 5.87. The largest absolute Gasteiger partial charge is 0.451 e. The number of hydrogen-bond acceptors (Lipinski definition) is 10. The van der Waals surface area contributed by atoms with Crippen molar-refractivity contribution in [1.29, 1.82) is 0 Å². The molecule has 7 rings (SSSR count). The molecule has 4 aliphatic carbocycles. The second kappa shape index (κ2) is 6.08. The van der Waals surface area contributed by atoms with Crippen LogP contribution >= 0.6 is 0 Å². The van der Waals surface area contributed by atoms with Crippen LogP contribution in [0.4, 0.5) is 0 Å². The molecule has 0 radical (unpaired) electrons. The predicted octanol–water partition coefficient (Wildman–Crippen LogP) is -1.30. The van der Waals surface area contributed by atoms with Crippen LogP contribution in [-0.4, -0.2) is 98.8 Å². The van der Waals surface area contributed by atoms with Gasteiger partial charge in [0, 0.05) is 24.5 Å². The molecule has 0 unspecified atom stereocenters. The average Bonchev–Trinajstić information content (AvgIpc) is 3.42. The molecule has 6 fully saturated rings. The van der Waals surface area contributed by atoms with E-state index in [9.17, 15) is 40.5 Å². The molecule has 6 bridgehead atoms. The van der Waals surface area contributed by atoms with E-state index in [0.717, 1.165) is 0 Å². The molecule has 198 valence electrons. The Balaban J connectivity index is 1.70. The van der Waals surface area contributed by atoms with Gasteiger partial charge in [0.15, 0.2) is 17.5 Å². The zero-order chi connectivity index (χ0) is 26.7. The van der Waals surface area contributed by atoms with Crippen LogP contribution in [0.5, 0.6) is 0 Å². The number of aliphatic hydroxyl groups is 7. The van der Waals surface area contributed by atoms with Crippen molar-refractivity contribution in [2.24, 2.45) is 16.7 Å². The number of hydrogen-bond donors (Lipinski definition) is 8. The highest BCUT2D eigenvalue weighted by Crippen LogP contribution is 2.90. The van der Waals surface area contributed by atoms with Crippen molar-refractivity contribution in [3.8, 4) is 0 Å². The number of esters is 1. The van der Waals surface area contributed by atoms with Gasteiger partial charge in [-0.05, 0) is 30.5 Å². The molecule has 2 saturated heterocycles. The molecule has 4 saturated carbocycles. The number of carbonyl (C=O) groups is 1. The molecule has 0 aromatic carbocycles. The molecule has 0 amide bonds. The first-order chi connectivity index (χ1) is 16.4. The quantitative estimate of drug-likeness (QED) is 0.180. The zero-order valence-electron chi connectivity index (χ0n) is 20.5. The third-order valence-corrected chi connectivity index (χ3v) is 11.0. The van der Waals surface area contributed by atoms with Crippen molar-refractivity contribution in [2.45, 2.75) is 92.6 Å². The standard InChI is InChI=1S/C25H33NO10/c1-11(2)22(32)17(35-16(29)13-7-6-8-26-13)23(33)18(4)10-21(31)19(22,5)25(23,34)24(36-21)15(28)12(3)14(27)9-20(18,24)30/h6-8,11,14-15,17,26-28,30-34H,3,9-10H2,1-2,4-5H3/t14-,15+,17+,18-,19-,20-,21-,22+,23+,24+,25+/m0/s1. The van der Waals surface area contributed by atoms with Crippen molar-refractivity contribution >= 4 is 5.97 Å². The van der Waals surface area contributed by atoms with E-state index in [1.54, 1.807) is 19.9 Å². The van der Waals surface area contributed by atoms with Crippen LogP contribution < -0.4 is 0 Å². The minimum atomic E-state index is -2.77. The van der Waals surface area contributed by atoms with Crippen LogP contribution in [0.25, 0.3) is 0 Å². The molecule has 1 aromatic heterocycles. The molecule has 6 aliphatic rings. The fraction of sp³-hybridized carbons (Fsp3) is 0.720. The van der Waals surface area contributed by atoms with Gasteiger partial charge in [0.2, 0.25) is 0 Å². The number of aromatic amines is 1. The van der Waals surface area contributed by atoms with E-state index in [0.29, 0.717) is 0 Å². The summed E-state index contributed by atoms with van der Waals surface area (Å²) in [5.74, 6) is -4.16. The summed E-state index contributed by atoms with van der Waals surface area (Å²) in [6, 6.07) is 2.98. The summed E-state index contributed by atoms with van der Waals surface area (Å²) < 4.78 is 11.9. The smallest absolute Gasteiger partial charge is 0.355 e. The number of rotatable bonds is 3. The fourth-order valence-corrected chi connectivity index (χ4v) is 9.30. The Bertz CT molecular complexity index is 1200. The third kappa shape index (κ3) is 1.74. The monoisotopic (exact) mass is 507 g/mol. The summed E-state index contributed by atoms with van der Waals surface area (Å²) in [5.41, 5.74) is -16.9. The molecule has 36 heavy (non-hydrogen) atoms. The number of carbonyl (C=O) groups excluding carboxylic acids is 1. The SMILES string of the molecule is C=C1[C@@H](O)[C@@]23O[C@@]4(O)C[C@@](C)([C@@]2(O)C[C@@H]1O)[C@]1(O)[C@H](OC(=O)c2ccc[nH]2)[C@](O)(C(C)C)[C@@]4(C)[C@@]13O. The normalized spacial score (nSPS) is 58.6. The number of nitrogens with one attached hydrogen (secondary N) is 1. The lowest BCUT2D eigenvalue weighted by atomic mass is 9.52. The van der Waals surface area contributed by atoms with Crippen molar-refractivity contribution in [3.63, 3.8) is 0 Å². The highest BCUT2D eigenvalue weighted by Gasteiger charge is 3.10. The number of aromatic nitrogens is 1. The van der Waals surface area contributed by atoms with E-state index >= 15 is 0 Å². The summed E-state index contributed by atoms with van der Waals surface area (Å²) in [4.78, 5) is 15.9. The molecule has 1 spiro atoms. The zero-order valence-corrected chi connectivity index (χ0v) is 20.5. The van der Waals surface area contributed by atoms with Gasteiger partial charge in [-0.25, -0.2) is 4.79 Å². The van der Waals surface area contributed by atoms with E-state index in [1.807, 2.05) is 0 Å². The lowest BCUT2D eigenvalue weighted by Crippen LogP contribution is -2.75. The molecular weight excluding hydrogens is 474 g/mol. The molecule has 1 aromatic rings. The van der Waals surface area contributed by atoms with Gasteiger partial charge >= 0.3 is 5.97 Å². The molecule has 2 aliphatic heterocycles. The maximum absolute atomic E-state index is 13.2. The Hall–Kier alpha value is -1.83. The predicted molar refractivity (Wildman–Crippen MR) is 120 cm³/mol. The van der Waals surface area contributed by atoms with Crippen molar-refractivity contribution < 1.29 is 50.0 Å². The number of H-pyrrole nitrogens is 1. The lowest BCUT2D eigenvalue weighted by molar-refractivity contribution is -0.386. The van der Waals surface area contributed by atoms with Crippen LogP contribution in [-0.2, 0) is 9.47 Å². The third-order valence-electron chi connectivity index (χ3n) is 11.0. The van der Waals surface area contributed by atoms with E-state index in [4.69, 9.17) is 9.47 Å². The maximum Gasteiger partial charge on any atom is 0.355 e. The first-order valence-electron chi connectivity index (χ1n) is 12.1. The molecule has 11 heteroatoms. The first-order valence-corrected chi connectivity index (χ1v) is 12.1. The second-order valence-corrected chi connectivity index (χ2v) is 12.1. The van der Waals surface area contributed by atoms with Crippen molar-refractivity contribution in [3.05, 3.63) is 36.2 Å². The second-order valence-electron chi connectivity index (χ2n) is 12.1. The fourth-order valence-electron chi connectivity index (χ4n) is 9.30. The van der Waals surface area contributed by atoms with Gasteiger partial charge in [0.05, 0.1) is 11.5 Å². The summed E-state index contributed by atoms with van der Waals surface area (Å²) in [6.45, 7) is 9.55. The first kappa shape index (κ1) is 24.5. The van der Waals surface area contributed by atoms with Gasteiger partial charge in [-0.1, -0.05) is 27.4 Å². The van der Waals surface area contributed by atoms with E-state index in [2.05, 4.69) is 11.6 Å². The Labute approximate surface area is 207 Å². The average molecular weight is 508 g/mol. The van der Waals surface area contributed by atoms with Crippen LogP contribution in [0.15, 0.2) is 30.5 Å². The van der Waals surface area contributed by atoms with Gasteiger partial charge < -0.3 is 50.2 Å². The summed E-state index contributed by atoms with van der Waals surface area (Å²) in [6.07, 6.45) is -4.77. The van der Waals surface area contributed by atoms with Crippen LogP contribution in [0, 0.1) is 16.7 Å². The van der Waals surface area contributed by atoms with Crippen LogP contribution in [0.2, 0.25) is 0 Å². The Morgan fingerprint density at radius 1 is 1.19 bits per heavy atom. The van der Waals surface area contributed by atoms with Gasteiger partial charge in [0.25, 0.3) is 0 Å². The van der Waals surface area contributed by atoms with Crippen LogP contribution in [0.1, 0.15) is 51.0 Å². The Morgan fingerprint density at radius 2 is 1.83 bits per heavy atom. The van der Waals surface area contributed by atoms with Crippen molar-refractivity contribution in [1.82, 2.24) is 4.98 Å². The van der Waals surface area contributed by atoms with Gasteiger partial charge in [-0.3, -0.25) is 0 Å². The van der Waals surface area contributed by atoms with Gasteiger partial charge in [-0.2, -0.15) is 0 Å². The molecule has 8 N–H and O–H groups in total. The van der Waals surface area contributed by atoms with E-state index in [-0.39, 0.29) is 11.3 Å². The Kier molecular flexibility index (Phi) is 4.14. The van der Waals surface area contributed by atoms with Gasteiger partial charge in [-0.15, -0.1) is 0 Å². The van der Waals surface area contributed by atoms with Gasteiger partial charge in [0.1, 0.15) is 34.2 Å². The van der Waals surface area contributed by atoms with Crippen LogP contribution in [0.3, 0.4) is 0 Å².